The minimum absolute atomic E-state index is 0.0324. The quantitative estimate of drug-likeness (QED) is 0.572. The van der Waals surface area contributed by atoms with Gasteiger partial charge in [0.05, 0.1) is 11.4 Å². The van der Waals surface area contributed by atoms with Gasteiger partial charge >= 0.3 is 0 Å². The van der Waals surface area contributed by atoms with E-state index in [4.69, 9.17) is 17.2 Å². The first-order valence-electron chi connectivity index (χ1n) is 7.91. The Morgan fingerprint density at radius 1 is 1.12 bits per heavy atom. The number of aromatic hydroxyl groups is 1. The molecule has 0 saturated carbocycles. The van der Waals surface area contributed by atoms with E-state index in [1.165, 1.54) is 0 Å². The average Bonchev–Trinajstić information content (AvgIpc) is 2.59. The number of amides is 1. The van der Waals surface area contributed by atoms with Gasteiger partial charge in [-0.25, -0.2) is 9.97 Å². The first kappa shape index (κ1) is 17.2. The van der Waals surface area contributed by atoms with Crippen LogP contribution >= 0.6 is 0 Å². The number of carbonyl (C=O) groups is 1. The highest BCUT2D eigenvalue weighted by Gasteiger charge is 2.20. The number of nitrogens with two attached hydrogens (primary N) is 3. The predicted molar refractivity (Wildman–Crippen MR) is 101 cm³/mol. The Morgan fingerprint density at radius 3 is 2.50 bits per heavy atom. The highest BCUT2D eigenvalue weighted by molar-refractivity contribution is 6.01. The Labute approximate surface area is 150 Å². The lowest BCUT2D eigenvalue weighted by atomic mass is 9.92. The normalized spacial score (nSPS) is 10.7. The second-order valence-corrected chi connectivity index (χ2v) is 6.05. The monoisotopic (exact) mass is 349 g/mol. The lowest BCUT2D eigenvalue weighted by Gasteiger charge is -2.17. The Hall–Kier alpha value is -3.61. The molecule has 2 heterocycles. The fraction of sp³-hybridized carbons (Fsp3) is 0.105. The van der Waals surface area contributed by atoms with Crippen LogP contribution in [0.2, 0.25) is 0 Å². The van der Waals surface area contributed by atoms with Crippen molar-refractivity contribution in [1.82, 2.24) is 9.97 Å². The number of hydrogen-bond donors (Lipinski definition) is 4. The molecule has 0 unspecified atom stereocenters. The van der Waals surface area contributed by atoms with Crippen LogP contribution < -0.4 is 17.2 Å². The van der Waals surface area contributed by atoms with Crippen molar-refractivity contribution in [2.45, 2.75) is 13.8 Å². The van der Waals surface area contributed by atoms with Crippen LogP contribution in [-0.2, 0) is 0 Å². The molecule has 0 aliphatic heterocycles. The first-order valence-corrected chi connectivity index (χ1v) is 7.91. The number of phenols is 1. The van der Waals surface area contributed by atoms with E-state index in [1.807, 2.05) is 6.92 Å². The standard InChI is InChI=1S/C19H19N5O2/c1-9-3-4-14(25)10(2)16(9)12-8-13(11-5-6-23-15(20)7-11)24-18(17(12)21)19(22)26/h3-8,25H,21H2,1-2H3,(H2,20,23)(H2,22,26). The number of hydrogen-bond acceptors (Lipinski definition) is 6. The summed E-state index contributed by atoms with van der Waals surface area (Å²) in [4.78, 5) is 20.2. The Bertz CT molecular complexity index is 1030. The van der Waals surface area contributed by atoms with Crippen LogP contribution in [0.1, 0.15) is 21.6 Å². The third-order valence-corrected chi connectivity index (χ3v) is 4.28. The second kappa shape index (κ2) is 6.36. The van der Waals surface area contributed by atoms with Crippen molar-refractivity contribution in [3.63, 3.8) is 0 Å². The van der Waals surface area contributed by atoms with E-state index in [9.17, 15) is 9.90 Å². The van der Waals surface area contributed by atoms with Gasteiger partial charge in [0.15, 0.2) is 5.69 Å². The number of rotatable bonds is 3. The molecule has 26 heavy (non-hydrogen) atoms. The van der Waals surface area contributed by atoms with Gasteiger partial charge < -0.3 is 22.3 Å². The van der Waals surface area contributed by atoms with Gasteiger partial charge in [-0.15, -0.1) is 0 Å². The molecular weight excluding hydrogens is 330 g/mol. The van der Waals surface area contributed by atoms with Gasteiger partial charge in [0.1, 0.15) is 11.6 Å². The summed E-state index contributed by atoms with van der Waals surface area (Å²) in [6.07, 6.45) is 1.55. The summed E-state index contributed by atoms with van der Waals surface area (Å²) >= 11 is 0. The summed E-state index contributed by atoms with van der Waals surface area (Å²) in [6, 6.07) is 8.53. The van der Waals surface area contributed by atoms with E-state index < -0.39 is 5.91 Å². The van der Waals surface area contributed by atoms with Crippen LogP contribution in [0.25, 0.3) is 22.4 Å². The smallest absolute Gasteiger partial charge is 0.269 e. The zero-order valence-corrected chi connectivity index (χ0v) is 14.4. The fourth-order valence-corrected chi connectivity index (χ4v) is 2.96. The maximum atomic E-state index is 11.9. The van der Waals surface area contributed by atoms with Crippen LogP contribution in [-0.4, -0.2) is 21.0 Å². The minimum Gasteiger partial charge on any atom is -0.508 e. The minimum atomic E-state index is -0.733. The molecule has 1 amide bonds. The molecule has 7 N–H and O–H groups in total. The van der Waals surface area contributed by atoms with E-state index in [0.717, 1.165) is 11.1 Å². The van der Waals surface area contributed by atoms with Gasteiger partial charge in [0.2, 0.25) is 0 Å². The summed E-state index contributed by atoms with van der Waals surface area (Å²) in [5.74, 6) is -0.270. The van der Waals surface area contributed by atoms with Gasteiger partial charge in [-0.05, 0) is 54.8 Å². The van der Waals surface area contributed by atoms with Crippen molar-refractivity contribution in [3.8, 4) is 28.1 Å². The molecule has 0 bridgehead atoms. The summed E-state index contributed by atoms with van der Waals surface area (Å²) in [5.41, 5.74) is 21.6. The maximum absolute atomic E-state index is 11.9. The molecule has 0 spiro atoms. The molecule has 132 valence electrons. The average molecular weight is 349 g/mol. The van der Waals surface area contributed by atoms with E-state index in [1.54, 1.807) is 43.5 Å². The van der Waals surface area contributed by atoms with E-state index in [0.29, 0.717) is 28.2 Å². The van der Waals surface area contributed by atoms with Crippen LogP contribution in [0.3, 0.4) is 0 Å². The van der Waals surface area contributed by atoms with Crippen LogP contribution in [0.15, 0.2) is 36.5 Å². The third kappa shape index (κ3) is 2.90. The predicted octanol–water partition coefficient (Wildman–Crippen LogP) is 2.40. The molecule has 0 aliphatic carbocycles. The van der Waals surface area contributed by atoms with Crippen LogP contribution in [0.5, 0.6) is 5.75 Å². The molecule has 1 aromatic carbocycles. The number of anilines is 2. The van der Waals surface area contributed by atoms with Gasteiger partial charge in [-0.1, -0.05) is 6.07 Å². The first-order chi connectivity index (χ1) is 12.3. The summed E-state index contributed by atoms with van der Waals surface area (Å²) in [6.45, 7) is 3.68. The number of phenolic OH excluding ortho intramolecular Hbond substituents is 1. The molecular formula is C19H19N5O2. The lowest BCUT2D eigenvalue weighted by molar-refractivity contribution is 0.0996. The summed E-state index contributed by atoms with van der Waals surface area (Å²) in [5, 5.41) is 10.1. The van der Waals surface area contributed by atoms with Crippen LogP contribution in [0, 0.1) is 13.8 Å². The highest BCUT2D eigenvalue weighted by Crippen LogP contribution is 2.38. The third-order valence-electron chi connectivity index (χ3n) is 4.28. The topological polar surface area (TPSA) is 141 Å². The Morgan fingerprint density at radius 2 is 1.85 bits per heavy atom. The van der Waals surface area contributed by atoms with Crippen molar-refractivity contribution in [1.29, 1.82) is 0 Å². The molecule has 0 atom stereocenters. The zero-order valence-electron chi connectivity index (χ0n) is 14.4. The molecule has 7 nitrogen and oxygen atoms in total. The number of carbonyl (C=O) groups excluding carboxylic acids is 1. The summed E-state index contributed by atoms with van der Waals surface area (Å²) in [7, 11) is 0. The molecule has 0 saturated heterocycles. The number of benzene rings is 1. The SMILES string of the molecule is Cc1ccc(O)c(C)c1-c1cc(-c2ccnc(N)c2)nc(C(N)=O)c1N. The molecule has 2 aromatic heterocycles. The van der Waals surface area contributed by atoms with Crippen molar-refractivity contribution in [3.05, 3.63) is 53.3 Å². The fourth-order valence-electron chi connectivity index (χ4n) is 2.96. The largest absolute Gasteiger partial charge is 0.508 e. The number of aromatic nitrogens is 2. The molecule has 7 heteroatoms. The number of aryl methyl sites for hydroxylation is 1. The van der Waals surface area contributed by atoms with Gasteiger partial charge in [0.25, 0.3) is 5.91 Å². The lowest BCUT2D eigenvalue weighted by Crippen LogP contribution is -2.17. The van der Waals surface area contributed by atoms with Crippen molar-refractivity contribution in [2.75, 3.05) is 11.5 Å². The maximum Gasteiger partial charge on any atom is 0.269 e. The van der Waals surface area contributed by atoms with Crippen molar-refractivity contribution < 1.29 is 9.90 Å². The number of nitrogen functional groups attached to an aromatic ring is 2. The van der Waals surface area contributed by atoms with E-state index in [-0.39, 0.29) is 17.1 Å². The molecule has 0 radical (unpaired) electrons. The van der Waals surface area contributed by atoms with Gasteiger partial charge in [0, 0.05) is 17.3 Å². The van der Waals surface area contributed by atoms with E-state index >= 15 is 0 Å². The number of nitrogens with zero attached hydrogens (tertiary/aromatic N) is 2. The molecule has 0 aliphatic rings. The molecule has 3 rings (SSSR count). The van der Waals surface area contributed by atoms with Gasteiger partial charge in [-0.2, -0.15) is 0 Å². The number of primary amides is 1. The van der Waals surface area contributed by atoms with Gasteiger partial charge in [-0.3, -0.25) is 4.79 Å². The Balaban J connectivity index is 2.36. The van der Waals surface area contributed by atoms with Crippen LogP contribution in [0.4, 0.5) is 11.5 Å². The second-order valence-electron chi connectivity index (χ2n) is 6.05. The zero-order chi connectivity index (χ0) is 19.0. The summed E-state index contributed by atoms with van der Waals surface area (Å²) < 4.78 is 0. The van der Waals surface area contributed by atoms with Crippen molar-refractivity contribution >= 4 is 17.4 Å². The molecule has 3 aromatic rings. The number of pyridine rings is 2. The molecule has 0 fully saturated rings. The Kier molecular flexibility index (Phi) is 4.21. The van der Waals surface area contributed by atoms with E-state index in [2.05, 4.69) is 9.97 Å². The highest BCUT2D eigenvalue weighted by atomic mass is 16.3. The van der Waals surface area contributed by atoms with Crippen molar-refractivity contribution in [2.24, 2.45) is 5.73 Å².